The first-order chi connectivity index (χ1) is 7.18. The van der Waals surface area contributed by atoms with E-state index in [0.717, 1.165) is 16.7 Å². The van der Waals surface area contributed by atoms with Crippen molar-refractivity contribution in [2.75, 3.05) is 0 Å². The Hall–Kier alpha value is -1.54. The smallest absolute Gasteiger partial charge is 0.137 e. The molecule has 1 N–H and O–H groups in total. The first kappa shape index (κ1) is 9.99. The van der Waals surface area contributed by atoms with Crippen LogP contribution in [0.3, 0.4) is 0 Å². The van der Waals surface area contributed by atoms with Crippen molar-refractivity contribution in [3.05, 3.63) is 59.0 Å². The fraction of sp³-hybridized carbons (Fsp3) is 0.231. The van der Waals surface area contributed by atoms with Crippen molar-refractivity contribution in [2.24, 2.45) is 0 Å². The normalized spacial score (nSPS) is 12.7. The van der Waals surface area contributed by atoms with E-state index in [1.807, 2.05) is 32.0 Å². The predicted octanol–water partition coefficient (Wildman–Crippen LogP) is 2.98. The molecular weight excluding hydrogens is 188 g/mol. The lowest BCUT2D eigenvalue weighted by Gasteiger charge is -2.12. The maximum Gasteiger partial charge on any atom is 0.137 e. The third-order valence-electron chi connectivity index (χ3n) is 2.54. The van der Waals surface area contributed by atoms with Crippen molar-refractivity contribution in [1.82, 2.24) is 0 Å². The molecule has 1 aromatic carbocycles. The van der Waals surface area contributed by atoms with Gasteiger partial charge in [-0.05, 0) is 37.1 Å². The fourth-order valence-electron chi connectivity index (χ4n) is 1.65. The average Bonchev–Trinajstić information content (AvgIpc) is 2.74. The van der Waals surface area contributed by atoms with Crippen molar-refractivity contribution in [2.45, 2.75) is 20.0 Å². The minimum absolute atomic E-state index is 0.587. The molecule has 0 aliphatic rings. The van der Waals surface area contributed by atoms with Gasteiger partial charge in [0.15, 0.2) is 0 Å². The zero-order valence-electron chi connectivity index (χ0n) is 8.90. The van der Waals surface area contributed by atoms with Crippen LogP contribution in [0.4, 0.5) is 0 Å². The largest absolute Gasteiger partial charge is 0.466 e. The summed E-state index contributed by atoms with van der Waals surface area (Å²) in [6, 6.07) is 9.60. The van der Waals surface area contributed by atoms with Crippen LogP contribution >= 0.6 is 0 Å². The summed E-state index contributed by atoms with van der Waals surface area (Å²) in [5.41, 5.74) is 3.12. The molecule has 78 valence electrons. The van der Waals surface area contributed by atoms with E-state index in [9.17, 15) is 5.11 Å². The number of benzene rings is 1. The number of aliphatic hydroxyl groups excluding tert-OH is 1. The Labute approximate surface area is 89.2 Å². The number of rotatable bonds is 2. The Morgan fingerprint density at radius 3 is 2.67 bits per heavy atom. The van der Waals surface area contributed by atoms with Crippen LogP contribution in [-0.2, 0) is 0 Å². The summed E-state index contributed by atoms with van der Waals surface area (Å²) in [7, 11) is 0. The number of furan rings is 1. The molecule has 2 aromatic rings. The lowest BCUT2D eigenvalue weighted by molar-refractivity contribution is 0.188. The highest BCUT2D eigenvalue weighted by Crippen LogP contribution is 2.25. The second-order valence-corrected chi connectivity index (χ2v) is 3.78. The van der Waals surface area contributed by atoms with Crippen molar-refractivity contribution < 1.29 is 9.52 Å². The molecule has 0 spiro atoms. The van der Waals surface area contributed by atoms with Gasteiger partial charge in [0, 0.05) is 0 Å². The van der Waals surface area contributed by atoms with Gasteiger partial charge in [-0.1, -0.05) is 23.8 Å². The molecule has 0 bridgehead atoms. The second-order valence-electron chi connectivity index (χ2n) is 3.78. The molecule has 0 aliphatic heterocycles. The van der Waals surface area contributed by atoms with E-state index in [2.05, 4.69) is 0 Å². The van der Waals surface area contributed by atoms with Gasteiger partial charge in [-0.25, -0.2) is 0 Å². The van der Waals surface area contributed by atoms with Crippen LogP contribution < -0.4 is 0 Å². The Kier molecular flexibility index (Phi) is 2.60. The number of aliphatic hydroxyl groups is 1. The van der Waals surface area contributed by atoms with Crippen LogP contribution in [0, 0.1) is 13.8 Å². The van der Waals surface area contributed by atoms with Gasteiger partial charge in [-0.15, -0.1) is 0 Å². The highest BCUT2D eigenvalue weighted by Gasteiger charge is 2.15. The third-order valence-corrected chi connectivity index (χ3v) is 2.54. The zero-order chi connectivity index (χ0) is 10.8. The molecule has 0 saturated heterocycles. The van der Waals surface area contributed by atoms with E-state index >= 15 is 0 Å². The zero-order valence-corrected chi connectivity index (χ0v) is 8.90. The van der Waals surface area contributed by atoms with Crippen LogP contribution in [0.25, 0.3) is 0 Å². The predicted molar refractivity (Wildman–Crippen MR) is 58.7 cm³/mol. The Morgan fingerprint density at radius 1 is 1.20 bits per heavy atom. The minimum atomic E-state index is -0.667. The van der Waals surface area contributed by atoms with Crippen LogP contribution in [0.5, 0.6) is 0 Å². The molecule has 0 fully saturated rings. The number of hydrogen-bond donors (Lipinski definition) is 1. The van der Waals surface area contributed by atoms with E-state index in [0.29, 0.717) is 5.76 Å². The topological polar surface area (TPSA) is 33.4 Å². The lowest BCUT2D eigenvalue weighted by Crippen LogP contribution is -2.01. The Balaban J connectivity index is 2.41. The van der Waals surface area contributed by atoms with Gasteiger partial charge < -0.3 is 9.52 Å². The SMILES string of the molecule is Cc1ccc(C)c(C(O)c2ccco2)c1. The van der Waals surface area contributed by atoms with Gasteiger partial charge in [0.2, 0.25) is 0 Å². The van der Waals surface area contributed by atoms with Crippen molar-refractivity contribution >= 4 is 0 Å². The molecule has 2 rings (SSSR count). The van der Waals surface area contributed by atoms with E-state index in [4.69, 9.17) is 4.42 Å². The molecule has 0 radical (unpaired) electrons. The quantitative estimate of drug-likeness (QED) is 0.812. The van der Waals surface area contributed by atoms with Crippen LogP contribution in [-0.4, -0.2) is 5.11 Å². The van der Waals surface area contributed by atoms with Crippen LogP contribution in [0.15, 0.2) is 41.0 Å². The average molecular weight is 202 g/mol. The van der Waals surface area contributed by atoms with Crippen molar-refractivity contribution in [3.63, 3.8) is 0 Å². The highest BCUT2D eigenvalue weighted by atomic mass is 16.4. The third kappa shape index (κ3) is 1.95. The van der Waals surface area contributed by atoms with Crippen molar-refractivity contribution in [3.8, 4) is 0 Å². The van der Waals surface area contributed by atoms with Gasteiger partial charge in [0.05, 0.1) is 6.26 Å². The first-order valence-electron chi connectivity index (χ1n) is 4.97. The summed E-state index contributed by atoms with van der Waals surface area (Å²) >= 11 is 0. The summed E-state index contributed by atoms with van der Waals surface area (Å²) in [6.45, 7) is 4.00. The maximum absolute atomic E-state index is 10.1. The standard InChI is InChI=1S/C13H14O2/c1-9-5-6-10(2)11(8-9)13(14)12-4-3-7-15-12/h3-8,13-14H,1-2H3. The summed E-state index contributed by atoms with van der Waals surface area (Å²) in [6.07, 6.45) is 0.906. The van der Waals surface area contributed by atoms with Gasteiger partial charge in [-0.2, -0.15) is 0 Å². The van der Waals surface area contributed by atoms with Gasteiger partial charge in [-0.3, -0.25) is 0 Å². The Morgan fingerprint density at radius 2 is 2.00 bits per heavy atom. The monoisotopic (exact) mass is 202 g/mol. The van der Waals surface area contributed by atoms with Crippen LogP contribution in [0.2, 0.25) is 0 Å². The molecule has 1 unspecified atom stereocenters. The molecule has 0 saturated carbocycles. The molecule has 1 aromatic heterocycles. The molecule has 0 amide bonds. The van der Waals surface area contributed by atoms with E-state index in [1.165, 1.54) is 0 Å². The summed E-state index contributed by atoms with van der Waals surface area (Å²) in [4.78, 5) is 0. The second kappa shape index (κ2) is 3.91. The number of hydrogen-bond acceptors (Lipinski definition) is 2. The maximum atomic E-state index is 10.1. The molecule has 15 heavy (non-hydrogen) atoms. The first-order valence-corrected chi connectivity index (χ1v) is 4.97. The van der Waals surface area contributed by atoms with Crippen molar-refractivity contribution in [1.29, 1.82) is 0 Å². The Bertz CT molecular complexity index is 444. The van der Waals surface area contributed by atoms with Gasteiger partial charge in [0.1, 0.15) is 11.9 Å². The van der Waals surface area contributed by atoms with Gasteiger partial charge >= 0.3 is 0 Å². The molecule has 1 heterocycles. The summed E-state index contributed by atoms with van der Waals surface area (Å²) < 4.78 is 5.19. The van der Waals surface area contributed by atoms with E-state index in [1.54, 1.807) is 18.4 Å². The molecular formula is C13H14O2. The summed E-state index contributed by atoms with van der Waals surface area (Å²) in [5, 5.41) is 10.1. The van der Waals surface area contributed by atoms with Gasteiger partial charge in [0.25, 0.3) is 0 Å². The van der Waals surface area contributed by atoms with E-state index in [-0.39, 0.29) is 0 Å². The molecule has 2 nitrogen and oxygen atoms in total. The fourth-order valence-corrected chi connectivity index (χ4v) is 1.65. The molecule has 1 atom stereocenters. The lowest BCUT2D eigenvalue weighted by atomic mass is 9.99. The summed E-state index contributed by atoms with van der Waals surface area (Å²) in [5.74, 6) is 0.587. The highest BCUT2D eigenvalue weighted by molar-refractivity contribution is 5.35. The molecule has 2 heteroatoms. The molecule has 0 aliphatic carbocycles. The van der Waals surface area contributed by atoms with Crippen LogP contribution in [0.1, 0.15) is 28.6 Å². The number of aryl methyl sites for hydroxylation is 2. The minimum Gasteiger partial charge on any atom is -0.466 e. The van der Waals surface area contributed by atoms with E-state index < -0.39 is 6.10 Å².